The standard InChI is InChI=1S/C16H15FN4OS/c17-12-1-3-14(4-2-12)21-7-5-13(20-21)9-15(22)19-16(10-18)6-8-23-11-16/h1-5,7H,6,8-9,11H2,(H,19,22). The maximum Gasteiger partial charge on any atom is 0.227 e. The molecule has 23 heavy (non-hydrogen) atoms. The van der Waals surface area contributed by atoms with Gasteiger partial charge in [-0.3, -0.25) is 4.79 Å². The van der Waals surface area contributed by atoms with Crippen molar-refractivity contribution in [1.29, 1.82) is 5.26 Å². The van der Waals surface area contributed by atoms with E-state index in [-0.39, 0.29) is 18.1 Å². The number of amides is 1. The lowest BCUT2D eigenvalue weighted by atomic mass is 10.0. The van der Waals surface area contributed by atoms with Crippen LogP contribution in [0.15, 0.2) is 36.5 Å². The van der Waals surface area contributed by atoms with Crippen LogP contribution >= 0.6 is 11.8 Å². The molecule has 5 nitrogen and oxygen atoms in total. The molecule has 1 aromatic heterocycles. The molecule has 2 heterocycles. The number of rotatable bonds is 4. The van der Waals surface area contributed by atoms with Crippen LogP contribution in [-0.2, 0) is 11.2 Å². The van der Waals surface area contributed by atoms with Gasteiger partial charge in [-0.05, 0) is 42.5 Å². The molecule has 1 unspecified atom stereocenters. The Labute approximate surface area is 137 Å². The summed E-state index contributed by atoms with van der Waals surface area (Å²) in [6, 6.07) is 9.91. The van der Waals surface area contributed by atoms with E-state index in [1.54, 1.807) is 40.8 Å². The SMILES string of the molecule is N#CC1(NC(=O)Cc2ccn(-c3ccc(F)cc3)n2)CCSC1. The zero-order chi connectivity index (χ0) is 16.3. The van der Waals surface area contributed by atoms with Crippen LogP contribution in [0.25, 0.3) is 5.69 Å². The van der Waals surface area contributed by atoms with Crippen LogP contribution in [-0.4, -0.2) is 32.7 Å². The highest BCUT2D eigenvalue weighted by Gasteiger charge is 2.36. The summed E-state index contributed by atoms with van der Waals surface area (Å²) in [7, 11) is 0. The minimum Gasteiger partial charge on any atom is -0.337 e. The maximum absolute atomic E-state index is 12.9. The van der Waals surface area contributed by atoms with E-state index in [1.807, 2.05) is 0 Å². The van der Waals surface area contributed by atoms with Gasteiger partial charge >= 0.3 is 0 Å². The monoisotopic (exact) mass is 330 g/mol. The number of nitrogens with one attached hydrogen (secondary N) is 1. The number of hydrogen-bond donors (Lipinski definition) is 1. The number of thioether (sulfide) groups is 1. The maximum atomic E-state index is 12.9. The Kier molecular flexibility index (Phi) is 4.35. The van der Waals surface area contributed by atoms with Gasteiger partial charge in [0.1, 0.15) is 11.4 Å². The summed E-state index contributed by atoms with van der Waals surface area (Å²) in [5.74, 6) is 0.988. The van der Waals surface area contributed by atoms with Crippen molar-refractivity contribution < 1.29 is 9.18 Å². The first-order valence-corrected chi connectivity index (χ1v) is 8.36. The minimum atomic E-state index is -0.749. The van der Waals surface area contributed by atoms with Crippen molar-refractivity contribution in [2.45, 2.75) is 18.4 Å². The first-order valence-electron chi connectivity index (χ1n) is 7.21. The molecule has 1 aliphatic rings. The Morgan fingerprint density at radius 2 is 2.22 bits per heavy atom. The van der Waals surface area contributed by atoms with Crippen LogP contribution in [0.3, 0.4) is 0 Å². The summed E-state index contributed by atoms with van der Waals surface area (Å²) in [6.07, 6.45) is 2.51. The molecule has 3 rings (SSSR count). The summed E-state index contributed by atoms with van der Waals surface area (Å²) in [5, 5.41) is 16.4. The van der Waals surface area contributed by atoms with E-state index < -0.39 is 5.54 Å². The molecule has 1 aromatic carbocycles. The van der Waals surface area contributed by atoms with E-state index in [0.29, 0.717) is 17.9 Å². The molecule has 118 valence electrons. The third-order valence-electron chi connectivity index (χ3n) is 3.69. The average Bonchev–Trinajstić information content (AvgIpc) is 3.18. The second-order valence-corrected chi connectivity index (χ2v) is 6.55. The first kappa shape index (κ1) is 15.6. The van der Waals surface area contributed by atoms with E-state index in [1.165, 1.54) is 12.1 Å². The van der Waals surface area contributed by atoms with Crippen molar-refractivity contribution in [3.63, 3.8) is 0 Å². The Morgan fingerprint density at radius 3 is 2.87 bits per heavy atom. The van der Waals surface area contributed by atoms with E-state index >= 15 is 0 Å². The Hall–Kier alpha value is -2.33. The van der Waals surface area contributed by atoms with Gasteiger partial charge in [0.25, 0.3) is 0 Å². The molecule has 1 amide bonds. The number of aromatic nitrogens is 2. The van der Waals surface area contributed by atoms with Gasteiger partial charge in [-0.25, -0.2) is 9.07 Å². The normalized spacial score (nSPS) is 20.2. The number of hydrogen-bond acceptors (Lipinski definition) is 4. The number of benzene rings is 1. The second kappa shape index (κ2) is 6.42. The van der Waals surface area contributed by atoms with Gasteiger partial charge in [-0.2, -0.15) is 22.1 Å². The largest absolute Gasteiger partial charge is 0.337 e. The number of nitrogens with zero attached hydrogens (tertiary/aromatic N) is 3. The fourth-order valence-corrected chi connectivity index (χ4v) is 3.72. The van der Waals surface area contributed by atoms with Gasteiger partial charge < -0.3 is 5.32 Å². The molecule has 7 heteroatoms. The van der Waals surface area contributed by atoms with E-state index in [2.05, 4.69) is 16.5 Å². The van der Waals surface area contributed by atoms with Crippen LogP contribution in [0.2, 0.25) is 0 Å². The zero-order valence-electron chi connectivity index (χ0n) is 12.3. The Bertz CT molecular complexity index is 744. The minimum absolute atomic E-state index is 0.113. The molecule has 1 aliphatic heterocycles. The molecule has 0 radical (unpaired) electrons. The smallest absolute Gasteiger partial charge is 0.227 e. The van der Waals surface area contributed by atoms with E-state index in [4.69, 9.17) is 0 Å². The van der Waals surface area contributed by atoms with Gasteiger partial charge in [0.2, 0.25) is 5.91 Å². The molecular formula is C16H15FN4OS. The number of nitriles is 1. The van der Waals surface area contributed by atoms with Crippen LogP contribution in [0.5, 0.6) is 0 Å². The number of carbonyl (C=O) groups is 1. The van der Waals surface area contributed by atoms with Gasteiger partial charge in [0, 0.05) is 11.9 Å². The third-order valence-corrected chi connectivity index (χ3v) is 4.88. The second-order valence-electron chi connectivity index (χ2n) is 5.45. The van der Waals surface area contributed by atoms with E-state index in [9.17, 15) is 14.4 Å². The fourth-order valence-electron chi connectivity index (χ4n) is 2.45. The summed E-state index contributed by atoms with van der Waals surface area (Å²) in [4.78, 5) is 12.2. The van der Waals surface area contributed by atoms with Crippen LogP contribution in [0.1, 0.15) is 12.1 Å². The predicted molar refractivity (Wildman–Crippen MR) is 85.7 cm³/mol. The summed E-state index contributed by atoms with van der Waals surface area (Å²) < 4.78 is 14.5. The van der Waals surface area contributed by atoms with Crippen molar-refractivity contribution >= 4 is 17.7 Å². The lowest BCUT2D eigenvalue weighted by Crippen LogP contribution is -2.48. The molecule has 0 bridgehead atoms. The average molecular weight is 330 g/mol. The molecule has 2 aromatic rings. The highest BCUT2D eigenvalue weighted by atomic mass is 32.2. The Morgan fingerprint density at radius 1 is 1.43 bits per heavy atom. The topological polar surface area (TPSA) is 70.7 Å². The van der Waals surface area contributed by atoms with Crippen molar-refractivity contribution in [3.8, 4) is 11.8 Å². The molecule has 0 aliphatic carbocycles. The van der Waals surface area contributed by atoms with Crippen molar-refractivity contribution in [2.75, 3.05) is 11.5 Å². The molecule has 0 spiro atoms. The van der Waals surface area contributed by atoms with Gasteiger partial charge in [-0.1, -0.05) is 0 Å². The van der Waals surface area contributed by atoms with Crippen LogP contribution < -0.4 is 5.32 Å². The summed E-state index contributed by atoms with van der Waals surface area (Å²) in [6.45, 7) is 0. The van der Waals surface area contributed by atoms with Crippen molar-refractivity contribution in [3.05, 3.63) is 48.0 Å². The molecule has 1 atom stereocenters. The van der Waals surface area contributed by atoms with Crippen molar-refractivity contribution in [1.82, 2.24) is 15.1 Å². The molecule has 1 saturated heterocycles. The molecular weight excluding hydrogens is 315 g/mol. The van der Waals surface area contributed by atoms with Gasteiger partial charge in [-0.15, -0.1) is 0 Å². The zero-order valence-corrected chi connectivity index (χ0v) is 13.1. The first-order chi connectivity index (χ1) is 11.1. The molecule has 1 N–H and O–H groups in total. The van der Waals surface area contributed by atoms with Gasteiger partial charge in [0.15, 0.2) is 0 Å². The number of halogens is 1. The molecule has 1 fully saturated rings. The molecule has 0 saturated carbocycles. The van der Waals surface area contributed by atoms with Gasteiger partial charge in [0.05, 0.1) is 23.9 Å². The lowest BCUT2D eigenvalue weighted by molar-refractivity contribution is -0.121. The van der Waals surface area contributed by atoms with Crippen molar-refractivity contribution in [2.24, 2.45) is 0 Å². The van der Waals surface area contributed by atoms with E-state index in [0.717, 1.165) is 11.4 Å². The fraction of sp³-hybridized carbons (Fsp3) is 0.312. The highest BCUT2D eigenvalue weighted by molar-refractivity contribution is 7.99. The Balaban J connectivity index is 1.66. The van der Waals surface area contributed by atoms with Crippen LogP contribution in [0, 0.1) is 17.1 Å². The third kappa shape index (κ3) is 3.54. The highest BCUT2D eigenvalue weighted by Crippen LogP contribution is 2.27. The lowest BCUT2D eigenvalue weighted by Gasteiger charge is -2.20. The number of carbonyl (C=O) groups excluding carboxylic acids is 1. The summed E-state index contributed by atoms with van der Waals surface area (Å²) >= 11 is 1.67. The summed E-state index contributed by atoms with van der Waals surface area (Å²) in [5.41, 5.74) is 0.575. The van der Waals surface area contributed by atoms with Crippen LogP contribution in [0.4, 0.5) is 4.39 Å². The quantitative estimate of drug-likeness (QED) is 0.932. The predicted octanol–water partition coefficient (Wildman–Crippen LogP) is 2.07.